The van der Waals surface area contributed by atoms with E-state index in [4.69, 9.17) is 6.42 Å². The smallest absolute Gasteiger partial charge is 0.142 e. The maximum atomic E-state index is 12.6. The number of hydrogen-bond donors (Lipinski definition) is 0. The summed E-state index contributed by atoms with van der Waals surface area (Å²) in [7, 11) is 0. The summed E-state index contributed by atoms with van der Waals surface area (Å²) in [4.78, 5) is 3.93. The van der Waals surface area contributed by atoms with Gasteiger partial charge >= 0.3 is 0 Å². The first-order chi connectivity index (χ1) is 5.65. The molecule has 0 atom stereocenters. The van der Waals surface area contributed by atoms with E-state index in [0.717, 1.165) is 5.69 Å². The van der Waals surface area contributed by atoms with Crippen molar-refractivity contribution >= 4 is 0 Å². The van der Waals surface area contributed by atoms with Gasteiger partial charge in [-0.1, -0.05) is 19.8 Å². The summed E-state index contributed by atoms with van der Waals surface area (Å²) < 4.78 is 12.6. The molecule has 0 amide bonds. The molecule has 0 aliphatic carbocycles. The van der Waals surface area contributed by atoms with Gasteiger partial charge in [0.15, 0.2) is 0 Å². The Morgan fingerprint density at radius 1 is 1.58 bits per heavy atom. The standard InChI is InChI=1S/C10H10FN/c1-4-8-5-9(11)6-12-10(8)7(2)3/h1,5-7H,2-3H3. The highest BCUT2D eigenvalue weighted by Gasteiger charge is 2.06. The lowest BCUT2D eigenvalue weighted by Gasteiger charge is -2.06. The summed E-state index contributed by atoms with van der Waals surface area (Å²) in [5, 5.41) is 0. The molecule has 0 aliphatic rings. The van der Waals surface area contributed by atoms with Crippen LogP contribution in [0.3, 0.4) is 0 Å². The van der Waals surface area contributed by atoms with Gasteiger partial charge in [0.05, 0.1) is 11.9 Å². The molecule has 1 nitrogen and oxygen atoms in total. The molecule has 1 aromatic rings. The Hall–Kier alpha value is -1.36. The van der Waals surface area contributed by atoms with Gasteiger partial charge in [0, 0.05) is 5.56 Å². The van der Waals surface area contributed by atoms with Gasteiger partial charge in [-0.3, -0.25) is 4.98 Å². The van der Waals surface area contributed by atoms with Crippen LogP contribution in [0.5, 0.6) is 0 Å². The molecule has 12 heavy (non-hydrogen) atoms. The van der Waals surface area contributed by atoms with Gasteiger partial charge in [-0.25, -0.2) is 4.39 Å². The van der Waals surface area contributed by atoms with Crippen LogP contribution in [0, 0.1) is 18.2 Å². The molecule has 62 valence electrons. The second kappa shape index (κ2) is 3.36. The third-order valence-corrected chi connectivity index (χ3v) is 1.59. The molecule has 0 fully saturated rings. The van der Waals surface area contributed by atoms with Crippen LogP contribution in [0.15, 0.2) is 12.3 Å². The van der Waals surface area contributed by atoms with Crippen LogP contribution in [0.4, 0.5) is 4.39 Å². The maximum absolute atomic E-state index is 12.6. The number of rotatable bonds is 1. The van der Waals surface area contributed by atoms with Gasteiger partial charge in [-0.2, -0.15) is 0 Å². The zero-order valence-corrected chi connectivity index (χ0v) is 7.13. The first-order valence-electron chi connectivity index (χ1n) is 3.77. The van der Waals surface area contributed by atoms with E-state index in [0.29, 0.717) is 5.56 Å². The molecule has 1 rings (SSSR count). The van der Waals surface area contributed by atoms with E-state index < -0.39 is 0 Å². The van der Waals surface area contributed by atoms with Crippen LogP contribution in [0.2, 0.25) is 0 Å². The second-order valence-corrected chi connectivity index (χ2v) is 2.89. The Kier molecular flexibility index (Phi) is 2.44. The van der Waals surface area contributed by atoms with Crippen LogP contribution in [0.25, 0.3) is 0 Å². The van der Waals surface area contributed by atoms with E-state index in [1.807, 2.05) is 13.8 Å². The average Bonchev–Trinajstić information content (AvgIpc) is 2.03. The normalized spacial score (nSPS) is 9.92. The van der Waals surface area contributed by atoms with Crippen molar-refractivity contribution in [2.75, 3.05) is 0 Å². The van der Waals surface area contributed by atoms with Crippen molar-refractivity contribution in [2.45, 2.75) is 19.8 Å². The fourth-order valence-electron chi connectivity index (χ4n) is 1.03. The van der Waals surface area contributed by atoms with Gasteiger partial charge in [-0.05, 0) is 12.0 Å². The highest BCUT2D eigenvalue weighted by Crippen LogP contribution is 2.16. The number of aromatic nitrogens is 1. The van der Waals surface area contributed by atoms with Gasteiger partial charge in [-0.15, -0.1) is 6.42 Å². The van der Waals surface area contributed by atoms with E-state index in [1.165, 1.54) is 12.3 Å². The predicted molar refractivity (Wildman–Crippen MR) is 46.2 cm³/mol. The molecule has 0 aliphatic heterocycles. The third kappa shape index (κ3) is 1.62. The fourth-order valence-corrected chi connectivity index (χ4v) is 1.03. The van der Waals surface area contributed by atoms with Crippen molar-refractivity contribution < 1.29 is 4.39 Å². The minimum atomic E-state index is -0.382. The third-order valence-electron chi connectivity index (χ3n) is 1.59. The molecule has 0 N–H and O–H groups in total. The van der Waals surface area contributed by atoms with Gasteiger partial charge < -0.3 is 0 Å². The molecule has 2 heteroatoms. The van der Waals surface area contributed by atoms with E-state index in [2.05, 4.69) is 10.9 Å². The molecule has 0 saturated heterocycles. The quantitative estimate of drug-likeness (QED) is 0.579. The number of halogens is 1. The first kappa shape index (κ1) is 8.73. The lowest BCUT2D eigenvalue weighted by atomic mass is 10.0. The summed E-state index contributed by atoms with van der Waals surface area (Å²) in [5.74, 6) is 2.27. The van der Waals surface area contributed by atoms with Gasteiger partial charge in [0.1, 0.15) is 5.82 Å². The Morgan fingerprint density at radius 3 is 2.75 bits per heavy atom. The summed E-state index contributed by atoms with van der Waals surface area (Å²) >= 11 is 0. The van der Waals surface area contributed by atoms with Crippen LogP contribution in [0.1, 0.15) is 31.0 Å². The Balaban J connectivity index is 3.23. The molecule has 1 aromatic heterocycles. The van der Waals surface area contributed by atoms with E-state index in [-0.39, 0.29) is 11.7 Å². The van der Waals surface area contributed by atoms with Crippen molar-refractivity contribution in [3.63, 3.8) is 0 Å². The van der Waals surface area contributed by atoms with Gasteiger partial charge in [0.2, 0.25) is 0 Å². The highest BCUT2D eigenvalue weighted by molar-refractivity contribution is 5.37. The summed E-state index contributed by atoms with van der Waals surface area (Å²) in [6.07, 6.45) is 6.39. The first-order valence-corrected chi connectivity index (χ1v) is 3.77. The van der Waals surface area contributed by atoms with Gasteiger partial charge in [0.25, 0.3) is 0 Å². The van der Waals surface area contributed by atoms with Crippen molar-refractivity contribution in [3.8, 4) is 12.3 Å². The number of nitrogens with zero attached hydrogens (tertiary/aromatic N) is 1. The van der Waals surface area contributed by atoms with E-state index in [1.54, 1.807) is 0 Å². The minimum absolute atomic E-state index is 0.233. The molecular formula is C10H10FN. The van der Waals surface area contributed by atoms with Crippen LogP contribution in [-0.4, -0.2) is 4.98 Å². The predicted octanol–water partition coefficient (Wildman–Crippen LogP) is 2.33. The van der Waals surface area contributed by atoms with Crippen LogP contribution >= 0.6 is 0 Å². The number of terminal acetylenes is 1. The summed E-state index contributed by atoms with van der Waals surface area (Å²) in [6.45, 7) is 3.95. The van der Waals surface area contributed by atoms with Crippen molar-refractivity contribution in [1.29, 1.82) is 0 Å². The molecule has 0 unspecified atom stereocenters. The van der Waals surface area contributed by atoms with Crippen LogP contribution in [-0.2, 0) is 0 Å². The van der Waals surface area contributed by atoms with Crippen LogP contribution < -0.4 is 0 Å². The molecule has 0 spiro atoms. The topological polar surface area (TPSA) is 12.9 Å². The summed E-state index contributed by atoms with van der Waals surface area (Å²) in [5.41, 5.74) is 1.32. The molecule has 0 saturated carbocycles. The largest absolute Gasteiger partial charge is 0.257 e. The Bertz CT molecular complexity index is 323. The lowest BCUT2D eigenvalue weighted by molar-refractivity contribution is 0.616. The molecule has 0 bridgehead atoms. The zero-order chi connectivity index (χ0) is 9.14. The lowest BCUT2D eigenvalue weighted by Crippen LogP contribution is -1.97. The number of pyridine rings is 1. The minimum Gasteiger partial charge on any atom is -0.257 e. The average molecular weight is 163 g/mol. The molecule has 0 aromatic carbocycles. The molecule has 0 radical (unpaired) electrons. The monoisotopic (exact) mass is 163 g/mol. The zero-order valence-electron chi connectivity index (χ0n) is 7.13. The van der Waals surface area contributed by atoms with E-state index >= 15 is 0 Å². The highest BCUT2D eigenvalue weighted by atomic mass is 19.1. The molecular weight excluding hydrogens is 153 g/mol. The second-order valence-electron chi connectivity index (χ2n) is 2.89. The Labute approximate surface area is 71.6 Å². The fraction of sp³-hybridized carbons (Fsp3) is 0.300. The maximum Gasteiger partial charge on any atom is 0.142 e. The van der Waals surface area contributed by atoms with Crippen molar-refractivity contribution in [1.82, 2.24) is 4.98 Å². The van der Waals surface area contributed by atoms with E-state index in [9.17, 15) is 4.39 Å². The number of hydrogen-bond acceptors (Lipinski definition) is 1. The SMILES string of the molecule is C#Cc1cc(F)cnc1C(C)C. The molecule has 1 heterocycles. The summed E-state index contributed by atoms with van der Waals surface area (Å²) in [6, 6.07) is 1.34. The van der Waals surface area contributed by atoms with Crippen molar-refractivity contribution in [2.24, 2.45) is 0 Å². The Morgan fingerprint density at radius 2 is 2.25 bits per heavy atom. The van der Waals surface area contributed by atoms with Crippen molar-refractivity contribution in [3.05, 3.63) is 29.3 Å².